The first-order valence-corrected chi connectivity index (χ1v) is 7.64. The summed E-state index contributed by atoms with van der Waals surface area (Å²) in [6.07, 6.45) is -0.231. The van der Waals surface area contributed by atoms with Crippen molar-refractivity contribution in [1.29, 1.82) is 0 Å². The van der Waals surface area contributed by atoms with E-state index < -0.39 is 0 Å². The van der Waals surface area contributed by atoms with E-state index in [-0.39, 0.29) is 17.8 Å². The Balaban J connectivity index is 1.80. The van der Waals surface area contributed by atoms with Gasteiger partial charge in [-0.2, -0.15) is 5.10 Å². The second-order valence-corrected chi connectivity index (χ2v) is 5.83. The highest BCUT2D eigenvalue weighted by atomic mass is 19.1. The molecular weight excluding hydrogens is 297 g/mol. The molecule has 1 aliphatic heterocycles. The lowest BCUT2D eigenvalue weighted by molar-refractivity contribution is -0.0229. The number of ether oxygens (including phenoxy) is 1. The number of benzene rings is 1. The summed E-state index contributed by atoms with van der Waals surface area (Å²) in [7, 11) is 1.83. The van der Waals surface area contributed by atoms with Gasteiger partial charge < -0.3 is 9.64 Å². The Morgan fingerprint density at radius 3 is 2.61 bits per heavy atom. The minimum absolute atomic E-state index is 0.0245. The minimum atomic E-state index is -0.279. The number of rotatable bonds is 2. The molecule has 1 atom stereocenters. The van der Waals surface area contributed by atoms with Crippen molar-refractivity contribution >= 4 is 5.91 Å². The maximum absolute atomic E-state index is 13.1. The number of halogens is 1. The number of aromatic nitrogens is 2. The first-order valence-electron chi connectivity index (χ1n) is 7.64. The van der Waals surface area contributed by atoms with Gasteiger partial charge in [0.05, 0.1) is 24.4 Å². The summed E-state index contributed by atoms with van der Waals surface area (Å²) < 4.78 is 20.5. The number of hydrogen-bond acceptors (Lipinski definition) is 3. The van der Waals surface area contributed by atoms with Crippen molar-refractivity contribution in [3.05, 3.63) is 52.6 Å². The molecule has 2 heterocycles. The second kappa shape index (κ2) is 6.12. The Morgan fingerprint density at radius 1 is 1.30 bits per heavy atom. The minimum Gasteiger partial charge on any atom is -0.370 e. The summed E-state index contributed by atoms with van der Waals surface area (Å²) in [4.78, 5) is 14.6. The normalized spacial score (nSPS) is 18.3. The summed E-state index contributed by atoms with van der Waals surface area (Å²) in [6.45, 7) is 5.21. The highest BCUT2D eigenvalue weighted by molar-refractivity contribution is 5.96. The van der Waals surface area contributed by atoms with Crippen LogP contribution in [0.5, 0.6) is 0 Å². The molecule has 1 aromatic carbocycles. The fraction of sp³-hybridized carbons (Fsp3) is 0.412. The van der Waals surface area contributed by atoms with Crippen LogP contribution < -0.4 is 0 Å². The number of aryl methyl sites for hydroxylation is 2. The Morgan fingerprint density at radius 2 is 2.00 bits per heavy atom. The molecule has 1 aliphatic rings. The van der Waals surface area contributed by atoms with Crippen molar-refractivity contribution in [1.82, 2.24) is 14.7 Å². The van der Waals surface area contributed by atoms with Crippen molar-refractivity contribution in [2.75, 3.05) is 19.7 Å². The second-order valence-electron chi connectivity index (χ2n) is 5.83. The zero-order valence-electron chi connectivity index (χ0n) is 13.5. The van der Waals surface area contributed by atoms with E-state index in [9.17, 15) is 9.18 Å². The maximum atomic E-state index is 13.1. The topological polar surface area (TPSA) is 47.4 Å². The lowest BCUT2D eigenvalue weighted by atomic mass is 10.1. The standard InChI is InChI=1S/C17H20FN3O2/c1-11-16(12(2)20(3)19-11)17(22)21-8-9-23-15(10-21)13-4-6-14(18)7-5-13/h4-7,15H,8-10H2,1-3H3. The third-order valence-electron chi connectivity index (χ3n) is 4.32. The zero-order chi connectivity index (χ0) is 16.6. The summed E-state index contributed by atoms with van der Waals surface area (Å²) in [5.74, 6) is -0.303. The first-order chi connectivity index (χ1) is 11.0. The van der Waals surface area contributed by atoms with E-state index in [0.29, 0.717) is 25.3 Å². The van der Waals surface area contributed by atoms with E-state index in [1.807, 2.05) is 20.9 Å². The lowest BCUT2D eigenvalue weighted by Gasteiger charge is -2.33. The predicted octanol–water partition coefficient (Wildman–Crippen LogP) is 2.39. The van der Waals surface area contributed by atoms with Crippen LogP contribution in [-0.4, -0.2) is 40.3 Å². The highest BCUT2D eigenvalue weighted by Gasteiger charge is 2.29. The molecule has 2 aromatic rings. The third-order valence-corrected chi connectivity index (χ3v) is 4.32. The van der Waals surface area contributed by atoms with Gasteiger partial charge in [0.2, 0.25) is 0 Å². The molecule has 3 rings (SSSR count). The number of hydrogen-bond donors (Lipinski definition) is 0. The molecule has 0 bridgehead atoms. The van der Waals surface area contributed by atoms with Crippen molar-refractivity contribution in [2.24, 2.45) is 7.05 Å². The van der Waals surface area contributed by atoms with Gasteiger partial charge in [0.1, 0.15) is 11.9 Å². The van der Waals surface area contributed by atoms with Gasteiger partial charge in [0, 0.05) is 19.3 Å². The van der Waals surface area contributed by atoms with E-state index >= 15 is 0 Å². The predicted molar refractivity (Wildman–Crippen MR) is 83.7 cm³/mol. The van der Waals surface area contributed by atoms with Gasteiger partial charge >= 0.3 is 0 Å². The monoisotopic (exact) mass is 317 g/mol. The Hall–Kier alpha value is -2.21. The highest BCUT2D eigenvalue weighted by Crippen LogP contribution is 2.24. The van der Waals surface area contributed by atoms with Crippen LogP contribution in [0.3, 0.4) is 0 Å². The van der Waals surface area contributed by atoms with Crippen molar-refractivity contribution in [3.8, 4) is 0 Å². The van der Waals surface area contributed by atoms with Crippen LogP contribution in [0.25, 0.3) is 0 Å². The molecule has 0 radical (unpaired) electrons. The van der Waals surface area contributed by atoms with Gasteiger partial charge in [-0.1, -0.05) is 12.1 Å². The van der Waals surface area contributed by atoms with Crippen LogP contribution >= 0.6 is 0 Å². The molecule has 1 unspecified atom stereocenters. The lowest BCUT2D eigenvalue weighted by Crippen LogP contribution is -2.42. The zero-order valence-corrected chi connectivity index (χ0v) is 13.5. The van der Waals surface area contributed by atoms with E-state index in [4.69, 9.17) is 4.74 Å². The van der Waals surface area contributed by atoms with Crippen LogP contribution in [0.2, 0.25) is 0 Å². The first kappa shape index (κ1) is 15.7. The Bertz CT molecular complexity index is 724. The average molecular weight is 317 g/mol. The third kappa shape index (κ3) is 2.99. The molecule has 1 amide bonds. The van der Waals surface area contributed by atoms with Gasteiger partial charge in [-0.3, -0.25) is 9.48 Å². The maximum Gasteiger partial charge on any atom is 0.257 e. The average Bonchev–Trinajstić information content (AvgIpc) is 2.80. The van der Waals surface area contributed by atoms with Crippen molar-refractivity contribution in [3.63, 3.8) is 0 Å². The molecule has 0 N–H and O–H groups in total. The van der Waals surface area contributed by atoms with Crippen LogP contribution in [0.4, 0.5) is 4.39 Å². The largest absolute Gasteiger partial charge is 0.370 e. The Kier molecular flexibility index (Phi) is 4.17. The van der Waals surface area contributed by atoms with E-state index in [2.05, 4.69) is 5.10 Å². The van der Waals surface area contributed by atoms with E-state index in [1.165, 1.54) is 12.1 Å². The van der Waals surface area contributed by atoms with Crippen LogP contribution in [0, 0.1) is 19.7 Å². The quantitative estimate of drug-likeness (QED) is 0.854. The molecule has 122 valence electrons. The molecule has 1 saturated heterocycles. The molecular formula is C17H20FN3O2. The van der Waals surface area contributed by atoms with Gasteiger partial charge in [-0.15, -0.1) is 0 Å². The summed E-state index contributed by atoms with van der Waals surface area (Å²) in [5.41, 5.74) is 3.13. The molecule has 5 nitrogen and oxygen atoms in total. The molecule has 23 heavy (non-hydrogen) atoms. The Labute approximate surface area is 134 Å². The van der Waals surface area contributed by atoms with Crippen LogP contribution in [0.1, 0.15) is 33.4 Å². The van der Waals surface area contributed by atoms with Crippen LogP contribution in [-0.2, 0) is 11.8 Å². The fourth-order valence-electron chi connectivity index (χ4n) is 2.95. The van der Waals surface area contributed by atoms with Gasteiger partial charge in [0.15, 0.2) is 0 Å². The molecule has 0 saturated carbocycles. The summed E-state index contributed by atoms with van der Waals surface area (Å²) >= 11 is 0. The number of nitrogens with zero attached hydrogens (tertiary/aromatic N) is 3. The van der Waals surface area contributed by atoms with E-state index in [1.54, 1.807) is 21.7 Å². The number of amides is 1. The van der Waals surface area contributed by atoms with E-state index in [0.717, 1.165) is 17.0 Å². The van der Waals surface area contributed by atoms with Crippen molar-refractivity contribution in [2.45, 2.75) is 20.0 Å². The number of carbonyl (C=O) groups is 1. The summed E-state index contributed by atoms with van der Waals surface area (Å²) in [6, 6.07) is 6.23. The van der Waals surface area contributed by atoms with Crippen molar-refractivity contribution < 1.29 is 13.9 Å². The molecule has 0 spiro atoms. The molecule has 6 heteroatoms. The van der Waals surface area contributed by atoms with Crippen LogP contribution in [0.15, 0.2) is 24.3 Å². The smallest absolute Gasteiger partial charge is 0.257 e. The molecule has 1 fully saturated rings. The molecule has 1 aromatic heterocycles. The van der Waals surface area contributed by atoms with Gasteiger partial charge in [-0.25, -0.2) is 4.39 Å². The number of carbonyl (C=O) groups excluding carboxylic acids is 1. The fourth-order valence-corrected chi connectivity index (χ4v) is 2.95. The summed E-state index contributed by atoms with van der Waals surface area (Å²) in [5, 5.41) is 4.31. The molecule has 0 aliphatic carbocycles. The van der Waals surface area contributed by atoms with Gasteiger partial charge in [-0.05, 0) is 31.5 Å². The SMILES string of the molecule is Cc1nn(C)c(C)c1C(=O)N1CCOC(c2ccc(F)cc2)C1. The van der Waals surface area contributed by atoms with Gasteiger partial charge in [0.25, 0.3) is 5.91 Å². The number of morpholine rings is 1.